The summed E-state index contributed by atoms with van der Waals surface area (Å²) in [6.45, 7) is 0. The normalized spacial score (nSPS) is 17.9. The number of hydrogen-bond acceptors (Lipinski definition) is 3. The summed E-state index contributed by atoms with van der Waals surface area (Å²) < 4.78 is 2.01. The minimum absolute atomic E-state index is 0.180. The van der Waals surface area contributed by atoms with Gasteiger partial charge in [-0.2, -0.15) is 0 Å². The second kappa shape index (κ2) is 8.28. The monoisotopic (exact) mass is 440 g/mol. The Labute approximate surface area is 190 Å². The summed E-state index contributed by atoms with van der Waals surface area (Å²) in [4.78, 5) is 18.2. The van der Waals surface area contributed by atoms with E-state index in [1.54, 1.807) is 24.4 Å². The molecular weight excluding hydrogens is 420 g/mol. The van der Waals surface area contributed by atoms with Gasteiger partial charge in [-0.15, -0.1) is 0 Å². The van der Waals surface area contributed by atoms with Gasteiger partial charge in [0.2, 0.25) is 0 Å². The number of rotatable bonds is 5. The van der Waals surface area contributed by atoms with Crippen molar-refractivity contribution in [3.63, 3.8) is 0 Å². The molecule has 4 aromatic rings. The van der Waals surface area contributed by atoms with E-state index in [-0.39, 0.29) is 17.6 Å². The van der Waals surface area contributed by atoms with E-state index in [0.29, 0.717) is 5.11 Å². The number of thiocarbonyl (C=S) groups is 1. The van der Waals surface area contributed by atoms with E-state index in [1.807, 2.05) is 77.5 Å². The van der Waals surface area contributed by atoms with Crippen LogP contribution in [0.2, 0.25) is 0 Å². The molecule has 3 heterocycles. The summed E-state index contributed by atoms with van der Waals surface area (Å²) in [5, 5.41) is 13.5. The molecule has 6 nitrogen and oxygen atoms in total. The van der Waals surface area contributed by atoms with E-state index in [2.05, 4.69) is 15.2 Å². The summed E-state index contributed by atoms with van der Waals surface area (Å²) >= 11 is 5.77. The minimum Gasteiger partial charge on any atom is -0.478 e. The first kappa shape index (κ1) is 20.0. The predicted octanol–water partition coefficient (Wildman–Crippen LogP) is 4.75. The van der Waals surface area contributed by atoms with Gasteiger partial charge < -0.3 is 19.9 Å². The van der Waals surface area contributed by atoms with Crippen molar-refractivity contribution in [2.45, 2.75) is 12.1 Å². The molecule has 32 heavy (non-hydrogen) atoms. The van der Waals surface area contributed by atoms with Gasteiger partial charge >= 0.3 is 5.97 Å². The van der Waals surface area contributed by atoms with Crippen LogP contribution in [0.25, 0.3) is 5.69 Å². The molecule has 0 radical (unpaired) electrons. The highest BCUT2D eigenvalue weighted by Gasteiger charge is 2.42. The van der Waals surface area contributed by atoms with Crippen LogP contribution in [-0.2, 0) is 0 Å². The molecule has 158 valence electrons. The van der Waals surface area contributed by atoms with Crippen molar-refractivity contribution < 1.29 is 9.90 Å². The third kappa shape index (κ3) is 3.52. The second-order valence-electron chi connectivity index (χ2n) is 7.49. The van der Waals surface area contributed by atoms with Gasteiger partial charge in [0.05, 0.1) is 17.3 Å². The van der Waals surface area contributed by atoms with Crippen LogP contribution in [0.5, 0.6) is 0 Å². The van der Waals surface area contributed by atoms with E-state index in [0.717, 1.165) is 22.8 Å². The van der Waals surface area contributed by atoms with Gasteiger partial charge in [0, 0.05) is 29.5 Å². The number of aromatic carboxylic acids is 1. The number of anilines is 1. The highest BCUT2D eigenvalue weighted by Crippen LogP contribution is 2.42. The smallest absolute Gasteiger partial charge is 0.335 e. The van der Waals surface area contributed by atoms with E-state index >= 15 is 0 Å². The van der Waals surface area contributed by atoms with Crippen LogP contribution in [0, 0.1) is 0 Å². The Hall–Kier alpha value is -3.97. The van der Waals surface area contributed by atoms with E-state index in [4.69, 9.17) is 12.2 Å². The summed E-state index contributed by atoms with van der Waals surface area (Å²) in [6.07, 6.45) is 3.72. The first-order valence-corrected chi connectivity index (χ1v) is 10.6. The van der Waals surface area contributed by atoms with Gasteiger partial charge in [-0.25, -0.2) is 4.79 Å². The van der Waals surface area contributed by atoms with Gasteiger partial charge in [-0.3, -0.25) is 4.98 Å². The maximum absolute atomic E-state index is 11.5. The fourth-order valence-electron chi connectivity index (χ4n) is 4.18. The molecule has 1 fully saturated rings. The zero-order chi connectivity index (χ0) is 22.1. The van der Waals surface area contributed by atoms with Gasteiger partial charge in [-0.1, -0.05) is 30.3 Å². The third-order valence-corrected chi connectivity index (χ3v) is 5.90. The van der Waals surface area contributed by atoms with Crippen LogP contribution in [0.15, 0.2) is 97.3 Å². The van der Waals surface area contributed by atoms with Crippen molar-refractivity contribution >= 4 is 29.0 Å². The average Bonchev–Trinajstić information content (AvgIpc) is 3.44. The molecule has 0 unspecified atom stereocenters. The number of hydrogen-bond donors (Lipinski definition) is 2. The van der Waals surface area contributed by atoms with Gasteiger partial charge in [0.25, 0.3) is 0 Å². The first-order chi connectivity index (χ1) is 15.6. The van der Waals surface area contributed by atoms with Crippen LogP contribution in [0.1, 0.15) is 33.8 Å². The van der Waals surface area contributed by atoms with Gasteiger partial charge in [0.15, 0.2) is 5.11 Å². The molecular formula is C25H20N4O2S. The van der Waals surface area contributed by atoms with Crippen LogP contribution >= 0.6 is 12.2 Å². The quantitative estimate of drug-likeness (QED) is 0.437. The summed E-state index contributed by atoms with van der Waals surface area (Å²) in [7, 11) is 0. The molecule has 0 spiro atoms. The molecule has 2 atom stereocenters. The highest BCUT2D eigenvalue weighted by atomic mass is 32.1. The topological polar surface area (TPSA) is 70.4 Å². The fraction of sp³-hybridized carbons (Fsp3) is 0.0800. The number of carboxylic acids is 1. The lowest BCUT2D eigenvalue weighted by Crippen LogP contribution is -2.30. The van der Waals surface area contributed by atoms with Gasteiger partial charge in [0.1, 0.15) is 6.04 Å². The van der Waals surface area contributed by atoms with Crippen molar-refractivity contribution in [2.24, 2.45) is 0 Å². The number of pyridine rings is 1. The van der Waals surface area contributed by atoms with E-state index in [9.17, 15) is 9.90 Å². The molecule has 5 rings (SSSR count). The summed E-state index contributed by atoms with van der Waals surface area (Å²) in [5.41, 5.74) is 3.84. The molecule has 0 amide bonds. The first-order valence-electron chi connectivity index (χ1n) is 10.2. The average molecular weight is 441 g/mol. The Morgan fingerprint density at radius 1 is 0.938 bits per heavy atom. The number of nitrogens with zero attached hydrogens (tertiary/aromatic N) is 3. The zero-order valence-corrected chi connectivity index (χ0v) is 17.8. The maximum Gasteiger partial charge on any atom is 0.335 e. The van der Waals surface area contributed by atoms with E-state index in [1.165, 1.54) is 0 Å². The standard InChI is InChI=1S/C25H20N4O2S/c30-24(31)17-8-6-11-19(16-17)28-15-7-13-21(28)23-22(20-12-4-5-14-26-20)27-25(32)29(23)18-9-2-1-3-10-18/h1-16,22-23H,(H,27,32)(H,30,31)/t22-,23-/m1/s1. The van der Waals surface area contributed by atoms with Crippen molar-refractivity contribution in [3.8, 4) is 5.69 Å². The van der Waals surface area contributed by atoms with Crippen molar-refractivity contribution in [3.05, 3.63) is 114 Å². The molecule has 2 aromatic heterocycles. The largest absolute Gasteiger partial charge is 0.478 e. The SMILES string of the molecule is O=C(O)c1cccc(-n2cccc2[C@@H]2[C@@H](c3ccccn3)NC(=S)N2c2ccccc2)c1. The molecule has 2 aromatic carbocycles. The second-order valence-corrected chi connectivity index (χ2v) is 7.88. The van der Waals surface area contributed by atoms with Crippen LogP contribution in [0.4, 0.5) is 5.69 Å². The molecule has 1 saturated heterocycles. The Morgan fingerprint density at radius 2 is 1.72 bits per heavy atom. The number of nitrogens with one attached hydrogen (secondary N) is 1. The molecule has 0 aliphatic carbocycles. The number of carbonyl (C=O) groups is 1. The zero-order valence-electron chi connectivity index (χ0n) is 17.0. The van der Waals surface area contributed by atoms with Crippen molar-refractivity contribution in [1.82, 2.24) is 14.9 Å². The Morgan fingerprint density at radius 3 is 2.47 bits per heavy atom. The Bertz CT molecular complexity index is 1270. The highest BCUT2D eigenvalue weighted by molar-refractivity contribution is 7.80. The third-order valence-electron chi connectivity index (χ3n) is 5.59. The molecule has 0 saturated carbocycles. The van der Waals surface area contributed by atoms with E-state index < -0.39 is 5.97 Å². The number of para-hydroxylation sites is 1. The summed E-state index contributed by atoms with van der Waals surface area (Å²) in [6, 6.07) is 26.4. The molecule has 2 N–H and O–H groups in total. The Balaban J connectivity index is 1.66. The predicted molar refractivity (Wildman–Crippen MR) is 127 cm³/mol. The molecule has 1 aliphatic heterocycles. The number of benzene rings is 2. The van der Waals surface area contributed by atoms with Crippen LogP contribution in [-0.4, -0.2) is 25.7 Å². The lowest BCUT2D eigenvalue weighted by molar-refractivity contribution is 0.0697. The lowest BCUT2D eigenvalue weighted by Gasteiger charge is -2.29. The maximum atomic E-state index is 11.5. The summed E-state index contributed by atoms with van der Waals surface area (Å²) in [5.74, 6) is -0.957. The number of carboxylic acid groups (broad SMARTS) is 1. The number of aromatic nitrogens is 2. The lowest BCUT2D eigenvalue weighted by atomic mass is 10.0. The van der Waals surface area contributed by atoms with Crippen LogP contribution < -0.4 is 10.2 Å². The molecule has 1 aliphatic rings. The van der Waals surface area contributed by atoms with Gasteiger partial charge in [-0.05, 0) is 66.8 Å². The van der Waals surface area contributed by atoms with Crippen LogP contribution in [0.3, 0.4) is 0 Å². The molecule has 7 heteroatoms. The molecule has 0 bridgehead atoms. The van der Waals surface area contributed by atoms with Crippen molar-refractivity contribution in [1.29, 1.82) is 0 Å². The minimum atomic E-state index is -0.957. The fourth-order valence-corrected chi connectivity index (χ4v) is 4.53. The Kier molecular flexibility index (Phi) is 5.17. The van der Waals surface area contributed by atoms with Crippen molar-refractivity contribution in [2.75, 3.05) is 4.90 Å².